The predicted molar refractivity (Wildman–Crippen MR) is 85.4 cm³/mol. The molecular weight excluding hydrogens is 262 g/mol. The molecule has 21 heavy (non-hydrogen) atoms. The van der Waals surface area contributed by atoms with Crippen LogP contribution in [0.15, 0.2) is 60.7 Å². The minimum atomic E-state index is -0.846. The average Bonchev–Trinajstić information content (AvgIpc) is 2.52. The number of benzene rings is 2. The fourth-order valence-electron chi connectivity index (χ4n) is 2.13. The summed E-state index contributed by atoms with van der Waals surface area (Å²) in [5.74, 6) is 0.897. The Balaban J connectivity index is 1.63. The van der Waals surface area contributed by atoms with Crippen LogP contribution in [0.4, 0.5) is 0 Å². The van der Waals surface area contributed by atoms with Gasteiger partial charge in [0.05, 0.1) is 12.2 Å². The summed E-state index contributed by atoms with van der Waals surface area (Å²) >= 11 is 0. The van der Waals surface area contributed by atoms with Crippen LogP contribution in [0.25, 0.3) is 0 Å². The minimum Gasteiger partial charge on any atom is -0.494 e. The van der Waals surface area contributed by atoms with Crippen molar-refractivity contribution in [3.63, 3.8) is 0 Å². The number of hydrogen-bond acceptors (Lipinski definition) is 3. The average molecular weight is 285 g/mol. The third-order valence-corrected chi connectivity index (χ3v) is 3.37. The lowest BCUT2D eigenvalue weighted by Gasteiger charge is -2.24. The van der Waals surface area contributed by atoms with Crippen molar-refractivity contribution in [3.8, 4) is 5.75 Å². The summed E-state index contributed by atoms with van der Waals surface area (Å²) in [7, 11) is 0. The Labute approximate surface area is 126 Å². The fourth-order valence-corrected chi connectivity index (χ4v) is 2.13. The van der Waals surface area contributed by atoms with Crippen molar-refractivity contribution in [1.82, 2.24) is 5.32 Å². The van der Waals surface area contributed by atoms with Gasteiger partial charge in [0.15, 0.2) is 0 Å². The zero-order chi connectivity index (χ0) is 15.0. The van der Waals surface area contributed by atoms with Crippen molar-refractivity contribution in [2.45, 2.75) is 18.9 Å². The first-order valence-electron chi connectivity index (χ1n) is 7.35. The molecule has 2 aromatic carbocycles. The predicted octanol–water partition coefficient (Wildman–Crippen LogP) is 2.95. The molecule has 0 aliphatic carbocycles. The van der Waals surface area contributed by atoms with Crippen LogP contribution in [0.1, 0.15) is 18.9 Å². The number of rotatable bonds is 8. The van der Waals surface area contributed by atoms with Crippen molar-refractivity contribution in [1.29, 1.82) is 0 Å². The number of hydrogen-bond donors (Lipinski definition) is 2. The first-order valence-corrected chi connectivity index (χ1v) is 7.35. The van der Waals surface area contributed by atoms with E-state index >= 15 is 0 Å². The monoisotopic (exact) mass is 285 g/mol. The van der Waals surface area contributed by atoms with Gasteiger partial charge in [-0.2, -0.15) is 0 Å². The summed E-state index contributed by atoms with van der Waals surface area (Å²) in [6, 6.07) is 19.5. The number of aliphatic hydroxyl groups is 1. The van der Waals surface area contributed by atoms with Crippen molar-refractivity contribution >= 4 is 0 Å². The summed E-state index contributed by atoms with van der Waals surface area (Å²) < 4.78 is 5.62. The highest BCUT2D eigenvalue weighted by Crippen LogP contribution is 2.18. The largest absolute Gasteiger partial charge is 0.494 e. The zero-order valence-electron chi connectivity index (χ0n) is 12.5. The van der Waals surface area contributed by atoms with Gasteiger partial charge in [0.2, 0.25) is 0 Å². The first-order chi connectivity index (χ1) is 10.2. The molecule has 2 rings (SSSR count). The first kappa shape index (κ1) is 15.5. The maximum atomic E-state index is 10.4. The summed E-state index contributed by atoms with van der Waals surface area (Å²) in [6.07, 6.45) is 0.903. The number of nitrogens with one attached hydrogen (secondary N) is 1. The Morgan fingerprint density at radius 3 is 2.29 bits per heavy atom. The minimum absolute atomic E-state index is 0.530. The second kappa shape index (κ2) is 7.81. The second-order valence-corrected chi connectivity index (χ2v) is 5.33. The van der Waals surface area contributed by atoms with Crippen LogP contribution in [-0.4, -0.2) is 24.8 Å². The molecule has 0 amide bonds. The van der Waals surface area contributed by atoms with E-state index in [1.54, 1.807) is 0 Å². The van der Waals surface area contributed by atoms with Gasteiger partial charge >= 0.3 is 0 Å². The van der Waals surface area contributed by atoms with E-state index < -0.39 is 5.60 Å². The third-order valence-electron chi connectivity index (χ3n) is 3.37. The van der Waals surface area contributed by atoms with Crippen molar-refractivity contribution in [2.24, 2.45) is 0 Å². The quantitative estimate of drug-likeness (QED) is 0.733. The van der Waals surface area contributed by atoms with E-state index in [4.69, 9.17) is 4.74 Å². The van der Waals surface area contributed by atoms with E-state index in [2.05, 4.69) is 5.32 Å². The smallest absolute Gasteiger partial charge is 0.119 e. The van der Waals surface area contributed by atoms with Crippen LogP contribution in [-0.2, 0) is 5.60 Å². The third kappa shape index (κ3) is 5.21. The lowest BCUT2D eigenvalue weighted by molar-refractivity contribution is 0.0568. The lowest BCUT2D eigenvalue weighted by Crippen LogP contribution is -2.36. The fraction of sp³-hybridized carbons (Fsp3) is 0.333. The van der Waals surface area contributed by atoms with Crippen LogP contribution in [0.3, 0.4) is 0 Å². The van der Waals surface area contributed by atoms with E-state index in [1.165, 1.54) is 0 Å². The van der Waals surface area contributed by atoms with Gasteiger partial charge < -0.3 is 15.2 Å². The Hall–Kier alpha value is -1.84. The van der Waals surface area contributed by atoms with Gasteiger partial charge in [-0.05, 0) is 37.6 Å². The molecule has 0 radical (unpaired) electrons. The molecule has 2 N–H and O–H groups in total. The molecule has 0 spiro atoms. The Kier molecular flexibility index (Phi) is 5.78. The summed E-state index contributed by atoms with van der Waals surface area (Å²) in [6.45, 7) is 3.85. The lowest BCUT2D eigenvalue weighted by atomic mass is 9.96. The Morgan fingerprint density at radius 2 is 1.62 bits per heavy atom. The molecule has 0 heterocycles. The van der Waals surface area contributed by atoms with Crippen molar-refractivity contribution in [2.75, 3.05) is 19.7 Å². The van der Waals surface area contributed by atoms with Crippen molar-refractivity contribution in [3.05, 3.63) is 66.2 Å². The van der Waals surface area contributed by atoms with Crippen LogP contribution >= 0.6 is 0 Å². The molecule has 1 atom stereocenters. The molecular formula is C18H23NO2. The summed E-state index contributed by atoms with van der Waals surface area (Å²) in [4.78, 5) is 0. The van der Waals surface area contributed by atoms with Gasteiger partial charge in [-0.25, -0.2) is 0 Å². The Bertz CT molecular complexity index is 511. The summed E-state index contributed by atoms with van der Waals surface area (Å²) in [5, 5.41) is 13.7. The molecule has 0 aliphatic rings. The highest BCUT2D eigenvalue weighted by Gasteiger charge is 2.21. The topological polar surface area (TPSA) is 41.5 Å². The SMILES string of the molecule is CC(O)(CNCCCOc1ccccc1)c1ccccc1. The molecule has 0 aromatic heterocycles. The molecule has 0 bridgehead atoms. The number of para-hydroxylation sites is 1. The van der Waals surface area contributed by atoms with Gasteiger partial charge in [0.25, 0.3) is 0 Å². The second-order valence-electron chi connectivity index (χ2n) is 5.33. The molecule has 2 aromatic rings. The van der Waals surface area contributed by atoms with E-state index in [-0.39, 0.29) is 0 Å². The molecule has 3 nitrogen and oxygen atoms in total. The zero-order valence-corrected chi connectivity index (χ0v) is 12.5. The van der Waals surface area contributed by atoms with Gasteiger partial charge in [-0.15, -0.1) is 0 Å². The molecule has 0 saturated heterocycles. The van der Waals surface area contributed by atoms with Gasteiger partial charge in [0.1, 0.15) is 5.75 Å². The van der Waals surface area contributed by atoms with Gasteiger partial charge in [-0.3, -0.25) is 0 Å². The van der Waals surface area contributed by atoms with E-state index in [9.17, 15) is 5.11 Å². The van der Waals surface area contributed by atoms with Gasteiger partial charge in [0, 0.05) is 6.54 Å². The van der Waals surface area contributed by atoms with Crippen molar-refractivity contribution < 1.29 is 9.84 Å². The highest BCUT2D eigenvalue weighted by molar-refractivity contribution is 5.22. The van der Waals surface area contributed by atoms with E-state index in [1.807, 2.05) is 67.6 Å². The van der Waals surface area contributed by atoms with Crippen LogP contribution in [0.2, 0.25) is 0 Å². The molecule has 0 saturated carbocycles. The van der Waals surface area contributed by atoms with E-state index in [0.29, 0.717) is 13.2 Å². The molecule has 1 unspecified atom stereocenters. The molecule has 0 fully saturated rings. The molecule has 3 heteroatoms. The maximum Gasteiger partial charge on any atom is 0.119 e. The Morgan fingerprint density at radius 1 is 1.00 bits per heavy atom. The van der Waals surface area contributed by atoms with E-state index in [0.717, 1.165) is 24.3 Å². The standard InChI is InChI=1S/C18H23NO2/c1-18(20,16-9-4-2-5-10-16)15-19-13-8-14-21-17-11-6-3-7-12-17/h2-7,9-12,19-20H,8,13-15H2,1H3. The van der Waals surface area contributed by atoms with Gasteiger partial charge in [-0.1, -0.05) is 48.5 Å². The molecule has 0 aliphatic heterocycles. The van der Waals surface area contributed by atoms with Crippen LogP contribution in [0, 0.1) is 0 Å². The molecule has 112 valence electrons. The summed E-state index contributed by atoms with van der Waals surface area (Å²) in [5.41, 5.74) is 0.0830. The highest BCUT2D eigenvalue weighted by atomic mass is 16.5. The van der Waals surface area contributed by atoms with Crippen LogP contribution < -0.4 is 10.1 Å². The normalized spacial score (nSPS) is 13.6. The number of ether oxygens (including phenoxy) is 1. The van der Waals surface area contributed by atoms with Crippen LogP contribution in [0.5, 0.6) is 5.75 Å². The maximum absolute atomic E-state index is 10.4.